The molecule has 0 atom stereocenters. The molecule has 128 valence electrons. The lowest BCUT2D eigenvalue weighted by molar-refractivity contribution is 0.103. The van der Waals surface area contributed by atoms with Gasteiger partial charge < -0.3 is 20.5 Å². The van der Waals surface area contributed by atoms with Gasteiger partial charge in [0.15, 0.2) is 7.49 Å². The monoisotopic (exact) mass is 341 g/mol. The Morgan fingerprint density at radius 3 is 2.48 bits per heavy atom. The van der Waals surface area contributed by atoms with Gasteiger partial charge >= 0.3 is 6.09 Å². The van der Waals surface area contributed by atoms with Gasteiger partial charge in [-0.25, -0.2) is 9.69 Å². The number of benzene rings is 1. The maximum Gasteiger partial charge on any atom is 0.407 e. The predicted molar refractivity (Wildman–Crippen MR) is 93.9 cm³/mol. The highest BCUT2D eigenvalue weighted by molar-refractivity contribution is 7.77. The molecular formula is C16H26N2O4P+. The Morgan fingerprint density at radius 2 is 2.00 bits per heavy atom. The molecule has 6 nitrogen and oxygen atoms in total. The van der Waals surface area contributed by atoms with E-state index in [-0.39, 0.29) is 12.1 Å². The number of amides is 1. The number of nitrogen functional groups attached to an aromatic ring is 1. The van der Waals surface area contributed by atoms with E-state index in [4.69, 9.17) is 10.5 Å². The van der Waals surface area contributed by atoms with Gasteiger partial charge in [-0.3, -0.25) is 0 Å². The van der Waals surface area contributed by atoms with Crippen LogP contribution in [0.2, 0.25) is 0 Å². The maximum atomic E-state index is 11.4. The molecule has 0 aliphatic carbocycles. The number of ether oxygens (including phenoxy) is 1. The lowest BCUT2D eigenvalue weighted by Crippen LogP contribution is -2.47. The first-order chi connectivity index (χ1) is 10.8. The second kappa shape index (κ2) is 6.93. The number of hydrogen-bond acceptors (Lipinski definition) is 4. The maximum absolute atomic E-state index is 11.4. The fourth-order valence-corrected chi connectivity index (χ4v) is 6.18. The Hall–Kier alpha value is -1.52. The lowest BCUT2D eigenvalue weighted by atomic mass is 10.1. The summed E-state index contributed by atoms with van der Waals surface area (Å²) in [6, 6.07) is 5.36. The van der Waals surface area contributed by atoms with Crippen LogP contribution in [0.3, 0.4) is 0 Å². The number of hydrogen-bond donors (Lipinski definition) is 3. The van der Waals surface area contributed by atoms with Crippen molar-refractivity contribution in [3.63, 3.8) is 0 Å². The highest BCUT2D eigenvalue weighted by atomic mass is 31.2. The highest BCUT2D eigenvalue weighted by Gasteiger charge is 2.45. The van der Waals surface area contributed by atoms with E-state index in [0.717, 1.165) is 5.30 Å². The van der Waals surface area contributed by atoms with Crippen molar-refractivity contribution in [1.29, 1.82) is 0 Å². The van der Waals surface area contributed by atoms with E-state index in [9.17, 15) is 14.8 Å². The Morgan fingerprint density at radius 1 is 1.39 bits per heavy atom. The Bertz CT molecular complexity index is 571. The number of nitrogens with two attached hydrogens (primary N) is 1. The first-order valence-corrected chi connectivity index (χ1v) is 9.95. The van der Waals surface area contributed by atoms with Gasteiger partial charge in [0, 0.05) is 31.0 Å². The summed E-state index contributed by atoms with van der Waals surface area (Å²) in [7, 11) is -0.711. The fraction of sp³-hybridized carbons (Fsp3) is 0.562. The first-order valence-electron chi connectivity index (χ1n) is 7.83. The lowest BCUT2D eigenvalue weighted by Gasteiger charge is -2.37. The van der Waals surface area contributed by atoms with Crippen LogP contribution >= 0.6 is 7.49 Å². The van der Waals surface area contributed by atoms with Gasteiger partial charge in [-0.05, 0) is 26.0 Å². The van der Waals surface area contributed by atoms with Crippen molar-refractivity contribution in [3.05, 3.63) is 18.2 Å². The first kappa shape index (κ1) is 17.8. The Kier molecular flexibility index (Phi) is 5.37. The van der Waals surface area contributed by atoms with Gasteiger partial charge in [-0.15, -0.1) is 0 Å². The van der Waals surface area contributed by atoms with E-state index in [1.54, 1.807) is 13.2 Å². The summed E-state index contributed by atoms with van der Waals surface area (Å²) in [4.78, 5) is 24.0. The molecule has 1 amide bonds. The molecule has 0 bridgehead atoms. The average molecular weight is 341 g/mol. The van der Waals surface area contributed by atoms with Gasteiger partial charge in [0.1, 0.15) is 11.1 Å². The molecule has 4 N–H and O–H groups in total. The summed E-state index contributed by atoms with van der Waals surface area (Å²) >= 11 is 0. The van der Waals surface area contributed by atoms with Crippen LogP contribution in [-0.2, 0) is 0 Å². The van der Waals surface area contributed by atoms with Gasteiger partial charge in [0.05, 0.1) is 25.1 Å². The zero-order valence-electron chi connectivity index (χ0n) is 13.9. The molecule has 1 aromatic rings. The third kappa shape index (κ3) is 3.70. The van der Waals surface area contributed by atoms with Crippen molar-refractivity contribution in [3.8, 4) is 5.75 Å². The molecule has 0 unspecified atom stereocenters. The molecule has 7 heteroatoms. The number of anilines is 1. The van der Waals surface area contributed by atoms with Gasteiger partial charge in [0.2, 0.25) is 0 Å². The molecule has 1 fully saturated rings. The van der Waals surface area contributed by atoms with Crippen molar-refractivity contribution >= 4 is 24.6 Å². The fourth-order valence-electron chi connectivity index (χ4n) is 3.28. The number of carboxylic acid groups (broad SMARTS) is 1. The van der Waals surface area contributed by atoms with Crippen molar-refractivity contribution in [2.24, 2.45) is 0 Å². The van der Waals surface area contributed by atoms with E-state index < -0.39 is 13.6 Å². The van der Waals surface area contributed by atoms with E-state index in [0.29, 0.717) is 36.6 Å². The SMILES string of the molecule is COc1cc([P+]2(O)CCC(N(C(=O)O)C(C)C)CC2)ccc1N. The number of methoxy groups -OCH3 is 1. The van der Waals surface area contributed by atoms with Crippen LogP contribution < -0.4 is 15.8 Å². The number of carbonyl (C=O) groups is 1. The smallest absolute Gasteiger partial charge is 0.407 e. The minimum absolute atomic E-state index is 0.0246. The van der Waals surface area contributed by atoms with E-state index in [2.05, 4.69) is 0 Å². The van der Waals surface area contributed by atoms with Gasteiger partial charge in [0.25, 0.3) is 0 Å². The summed E-state index contributed by atoms with van der Waals surface area (Å²) < 4.78 is 5.24. The van der Waals surface area contributed by atoms with Crippen LogP contribution in [0.4, 0.5) is 10.5 Å². The third-order valence-corrected chi connectivity index (χ3v) is 7.77. The molecule has 0 spiro atoms. The highest BCUT2D eigenvalue weighted by Crippen LogP contribution is 2.58. The average Bonchev–Trinajstić information content (AvgIpc) is 2.49. The molecule has 2 rings (SSSR count). The summed E-state index contributed by atoms with van der Waals surface area (Å²) in [5.74, 6) is 0.576. The molecule has 1 saturated heterocycles. The van der Waals surface area contributed by atoms with Crippen molar-refractivity contribution < 1.29 is 19.5 Å². The molecular weight excluding hydrogens is 315 g/mol. The molecule has 1 aliphatic rings. The zero-order chi connectivity index (χ0) is 17.2. The zero-order valence-corrected chi connectivity index (χ0v) is 14.8. The molecule has 23 heavy (non-hydrogen) atoms. The van der Waals surface area contributed by atoms with Crippen molar-refractivity contribution in [2.75, 3.05) is 25.2 Å². The van der Waals surface area contributed by atoms with Gasteiger partial charge in [-0.2, -0.15) is 0 Å². The largest absolute Gasteiger partial charge is 0.494 e. The van der Waals surface area contributed by atoms with E-state index in [1.807, 2.05) is 26.0 Å². The summed E-state index contributed by atoms with van der Waals surface area (Å²) in [5.41, 5.74) is 6.39. The Balaban J connectivity index is 2.15. The number of rotatable bonds is 4. The molecule has 1 aliphatic heterocycles. The minimum atomic E-state index is -2.27. The van der Waals surface area contributed by atoms with E-state index in [1.165, 1.54) is 4.90 Å². The summed E-state index contributed by atoms with van der Waals surface area (Å²) in [6.45, 7) is 3.77. The van der Waals surface area contributed by atoms with Crippen LogP contribution in [0, 0.1) is 0 Å². The topological polar surface area (TPSA) is 96.0 Å². The summed E-state index contributed by atoms with van der Waals surface area (Å²) in [6.07, 6.45) is 1.73. The Labute approximate surface area is 137 Å². The molecule has 0 radical (unpaired) electrons. The van der Waals surface area contributed by atoms with Crippen LogP contribution in [0.15, 0.2) is 18.2 Å². The quantitative estimate of drug-likeness (QED) is 0.577. The molecule has 1 aromatic carbocycles. The number of nitrogens with zero attached hydrogens (tertiary/aromatic N) is 1. The van der Waals surface area contributed by atoms with Crippen LogP contribution in [0.5, 0.6) is 5.75 Å². The third-order valence-electron chi connectivity index (χ3n) is 4.53. The summed E-state index contributed by atoms with van der Waals surface area (Å²) in [5, 5.41) is 10.3. The van der Waals surface area contributed by atoms with Crippen LogP contribution in [0.1, 0.15) is 26.7 Å². The minimum Gasteiger partial charge on any atom is -0.494 e. The predicted octanol–water partition coefficient (Wildman–Crippen LogP) is 2.38. The molecule has 1 heterocycles. The molecule has 0 aromatic heterocycles. The van der Waals surface area contributed by atoms with Crippen LogP contribution in [-0.4, -0.2) is 52.5 Å². The van der Waals surface area contributed by atoms with Crippen molar-refractivity contribution in [2.45, 2.75) is 38.8 Å². The van der Waals surface area contributed by atoms with Crippen LogP contribution in [0.25, 0.3) is 0 Å². The molecule has 0 saturated carbocycles. The second-order valence-corrected chi connectivity index (χ2v) is 9.57. The second-order valence-electron chi connectivity index (χ2n) is 6.31. The van der Waals surface area contributed by atoms with E-state index >= 15 is 0 Å². The normalized spacial score (nSPS) is 24.5. The van der Waals surface area contributed by atoms with Gasteiger partial charge in [-0.1, -0.05) is 0 Å². The van der Waals surface area contributed by atoms with Crippen molar-refractivity contribution in [1.82, 2.24) is 4.90 Å². The standard InChI is InChI=1S/C16H25N2O4P/c1-11(2)18(16(19)20)12-6-8-23(21,9-7-12)13-4-5-14(17)15(10-13)22-3/h4-5,10-12,21H,6-9,17H2,1-3H3/p+1.